The molecule has 0 fully saturated rings. The fourth-order valence-electron chi connectivity index (χ4n) is 3.98. The van der Waals surface area contributed by atoms with Gasteiger partial charge in [0.25, 0.3) is 0 Å². The van der Waals surface area contributed by atoms with Crippen LogP contribution in [-0.2, 0) is 14.6 Å². The van der Waals surface area contributed by atoms with Crippen LogP contribution in [0.5, 0.6) is 0 Å². The van der Waals surface area contributed by atoms with Gasteiger partial charge in [-0.25, -0.2) is 18.1 Å². The van der Waals surface area contributed by atoms with E-state index < -0.39 is 15.9 Å². The van der Waals surface area contributed by atoms with Crippen molar-refractivity contribution in [3.63, 3.8) is 0 Å². The summed E-state index contributed by atoms with van der Waals surface area (Å²) in [4.78, 5) is 15.9. The lowest BCUT2D eigenvalue weighted by molar-refractivity contribution is -0.108. The number of azo groups is 1. The molecule has 38 heavy (non-hydrogen) atoms. The SMILES string of the molecule is CCCCC(CC)CNc1nc(NC(C)C=O)cc(C)c1N=Nc1c(S(C)(=O)=O)cnn1-c1ccccc1. The number of benzene rings is 1. The van der Waals surface area contributed by atoms with Gasteiger partial charge in [-0.3, -0.25) is 0 Å². The van der Waals surface area contributed by atoms with Crippen molar-refractivity contribution in [3.05, 3.63) is 48.2 Å². The van der Waals surface area contributed by atoms with Crippen LogP contribution in [0.1, 0.15) is 52.0 Å². The van der Waals surface area contributed by atoms with Crippen LogP contribution in [0.25, 0.3) is 5.69 Å². The number of anilines is 2. The topological polar surface area (TPSA) is 131 Å². The largest absolute Gasteiger partial charge is 0.368 e. The van der Waals surface area contributed by atoms with Crippen molar-refractivity contribution in [3.8, 4) is 5.69 Å². The van der Waals surface area contributed by atoms with Gasteiger partial charge >= 0.3 is 0 Å². The second kappa shape index (κ2) is 13.3. The first kappa shape index (κ1) is 29.0. The molecule has 0 amide bonds. The van der Waals surface area contributed by atoms with Crippen LogP contribution in [-0.4, -0.2) is 48.3 Å². The molecule has 0 aliphatic heterocycles. The molecule has 2 N–H and O–H groups in total. The van der Waals surface area contributed by atoms with Gasteiger partial charge in [0, 0.05) is 12.8 Å². The van der Waals surface area contributed by atoms with Crippen LogP contribution in [0.15, 0.2) is 57.7 Å². The predicted molar refractivity (Wildman–Crippen MR) is 151 cm³/mol. The summed E-state index contributed by atoms with van der Waals surface area (Å²) in [6.07, 6.45) is 7.62. The Morgan fingerprint density at radius 2 is 1.89 bits per heavy atom. The highest BCUT2D eigenvalue weighted by atomic mass is 32.2. The summed E-state index contributed by atoms with van der Waals surface area (Å²) in [7, 11) is -3.61. The lowest BCUT2D eigenvalue weighted by Crippen LogP contribution is -2.19. The van der Waals surface area contributed by atoms with E-state index in [9.17, 15) is 13.2 Å². The average molecular weight is 540 g/mol. The zero-order valence-corrected chi connectivity index (χ0v) is 23.5. The molecule has 0 aliphatic rings. The molecule has 0 radical (unpaired) electrons. The molecular formula is C27H37N7O3S. The molecule has 204 valence electrons. The van der Waals surface area contributed by atoms with Crippen molar-refractivity contribution >= 4 is 39.3 Å². The van der Waals surface area contributed by atoms with E-state index in [4.69, 9.17) is 0 Å². The van der Waals surface area contributed by atoms with E-state index in [2.05, 4.69) is 44.8 Å². The van der Waals surface area contributed by atoms with Gasteiger partial charge < -0.3 is 15.4 Å². The van der Waals surface area contributed by atoms with Gasteiger partial charge in [-0.15, -0.1) is 10.2 Å². The highest BCUT2D eigenvalue weighted by Gasteiger charge is 2.21. The van der Waals surface area contributed by atoms with E-state index >= 15 is 0 Å². The Morgan fingerprint density at radius 1 is 1.16 bits per heavy atom. The number of rotatable bonds is 14. The summed E-state index contributed by atoms with van der Waals surface area (Å²) >= 11 is 0. The molecule has 0 spiro atoms. The first-order valence-corrected chi connectivity index (χ1v) is 14.8. The Bertz CT molecular complexity index is 1350. The molecule has 10 nitrogen and oxygen atoms in total. The second-order valence-corrected chi connectivity index (χ2v) is 11.4. The summed E-state index contributed by atoms with van der Waals surface area (Å²) in [6, 6.07) is 10.5. The molecule has 2 unspecified atom stereocenters. The van der Waals surface area contributed by atoms with E-state index in [1.54, 1.807) is 13.0 Å². The number of unbranched alkanes of at least 4 members (excludes halogenated alkanes) is 1. The second-order valence-electron chi connectivity index (χ2n) is 9.44. The van der Waals surface area contributed by atoms with Crippen LogP contribution >= 0.6 is 0 Å². The number of carbonyl (C=O) groups excluding carboxylic acids is 1. The van der Waals surface area contributed by atoms with E-state index in [1.165, 1.54) is 10.9 Å². The molecule has 2 aromatic heterocycles. The van der Waals surface area contributed by atoms with Crippen molar-refractivity contribution < 1.29 is 13.2 Å². The molecule has 2 heterocycles. The molecule has 11 heteroatoms. The molecule has 2 atom stereocenters. The molecular weight excluding hydrogens is 502 g/mol. The Labute approximate surface area is 224 Å². The number of aromatic nitrogens is 3. The lowest BCUT2D eigenvalue weighted by Gasteiger charge is -2.18. The van der Waals surface area contributed by atoms with Crippen LogP contribution in [0.2, 0.25) is 0 Å². The number of hydrogen-bond donors (Lipinski definition) is 2. The Morgan fingerprint density at radius 3 is 2.53 bits per heavy atom. The van der Waals surface area contributed by atoms with Crippen molar-refractivity contribution in [2.24, 2.45) is 16.1 Å². The number of nitrogens with one attached hydrogen (secondary N) is 2. The third-order valence-electron chi connectivity index (χ3n) is 6.22. The molecule has 3 rings (SSSR count). The summed E-state index contributed by atoms with van der Waals surface area (Å²) < 4.78 is 26.5. The number of para-hydroxylation sites is 1. The van der Waals surface area contributed by atoms with Crippen molar-refractivity contribution in [2.75, 3.05) is 23.4 Å². The number of aldehydes is 1. The van der Waals surface area contributed by atoms with Crippen LogP contribution in [0, 0.1) is 12.8 Å². The van der Waals surface area contributed by atoms with Crippen LogP contribution in [0.3, 0.4) is 0 Å². The Hall–Kier alpha value is -3.60. The molecule has 0 saturated carbocycles. The number of nitrogens with zero attached hydrogens (tertiary/aromatic N) is 5. The minimum Gasteiger partial charge on any atom is -0.368 e. The number of aryl methyl sites for hydroxylation is 1. The van der Waals surface area contributed by atoms with Gasteiger partial charge in [0.2, 0.25) is 0 Å². The molecule has 3 aromatic rings. The summed E-state index contributed by atoms with van der Waals surface area (Å²) in [5.74, 6) is 1.62. The molecule has 0 saturated heterocycles. The first-order chi connectivity index (χ1) is 18.2. The van der Waals surface area contributed by atoms with Crippen molar-refractivity contribution in [1.29, 1.82) is 0 Å². The predicted octanol–water partition coefficient (Wildman–Crippen LogP) is 6.02. The van der Waals surface area contributed by atoms with E-state index in [0.29, 0.717) is 35.5 Å². The zero-order valence-electron chi connectivity index (χ0n) is 22.7. The van der Waals surface area contributed by atoms with E-state index in [-0.39, 0.29) is 10.7 Å². The van der Waals surface area contributed by atoms with E-state index in [0.717, 1.165) is 43.8 Å². The van der Waals surface area contributed by atoms with Crippen LogP contribution < -0.4 is 10.6 Å². The average Bonchev–Trinajstić information content (AvgIpc) is 3.33. The van der Waals surface area contributed by atoms with Gasteiger partial charge in [0.1, 0.15) is 22.7 Å². The normalized spacial score (nSPS) is 13.4. The number of pyridine rings is 1. The zero-order chi connectivity index (χ0) is 27.7. The monoisotopic (exact) mass is 539 g/mol. The minimum atomic E-state index is -3.61. The lowest BCUT2D eigenvalue weighted by atomic mass is 9.99. The number of hydrogen-bond acceptors (Lipinski definition) is 9. The van der Waals surface area contributed by atoms with Gasteiger partial charge in [0.05, 0.1) is 17.9 Å². The maximum atomic E-state index is 12.5. The quantitative estimate of drug-likeness (QED) is 0.189. The maximum absolute atomic E-state index is 12.5. The Balaban J connectivity index is 2.06. The van der Waals surface area contributed by atoms with Crippen molar-refractivity contribution in [1.82, 2.24) is 14.8 Å². The summed E-state index contributed by atoms with van der Waals surface area (Å²) in [5, 5.41) is 19.7. The summed E-state index contributed by atoms with van der Waals surface area (Å²) in [6.45, 7) is 8.67. The maximum Gasteiger partial charge on any atom is 0.196 e. The minimum absolute atomic E-state index is 0.0195. The van der Waals surface area contributed by atoms with Gasteiger partial charge in [0.15, 0.2) is 21.5 Å². The highest BCUT2D eigenvalue weighted by molar-refractivity contribution is 7.90. The first-order valence-electron chi connectivity index (χ1n) is 12.9. The number of sulfone groups is 1. The van der Waals surface area contributed by atoms with Gasteiger partial charge in [-0.2, -0.15) is 5.10 Å². The van der Waals surface area contributed by atoms with Gasteiger partial charge in [-0.05, 0) is 49.9 Å². The Kier molecular flexibility index (Phi) is 10.1. The highest BCUT2D eigenvalue weighted by Crippen LogP contribution is 2.34. The molecule has 0 aliphatic carbocycles. The summed E-state index contributed by atoms with van der Waals surface area (Å²) in [5.41, 5.74) is 1.91. The third-order valence-corrected chi connectivity index (χ3v) is 7.31. The molecule has 1 aromatic carbocycles. The number of carbonyl (C=O) groups is 1. The van der Waals surface area contributed by atoms with E-state index in [1.807, 2.05) is 37.3 Å². The third kappa shape index (κ3) is 7.47. The fraction of sp³-hybridized carbons (Fsp3) is 0.444. The van der Waals surface area contributed by atoms with Crippen LogP contribution in [0.4, 0.5) is 23.1 Å². The standard InChI is InChI=1S/C27H37N7O3S/c1-6-8-12-21(7-2)16-28-26-25(19(3)15-24(31-26)30-20(4)18-35)32-33-27-23(38(5,36)37)17-29-34(27)22-13-10-9-11-14-22/h9-11,13-15,17-18,20-21H,6-8,12,16H2,1-5H3,(H2,28,30,31). The smallest absolute Gasteiger partial charge is 0.196 e. The molecule has 0 bridgehead atoms. The van der Waals surface area contributed by atoms with Gasteiger partial charge in [-0.1, -0.05) is 51.3 Å². The fourth-order valence-corrected chi connectivity index (χ4v) is 4.67. The van der Waals surface area contributed by atoms with Crippen molar-refractivity contribution in [2.45, 2.75) is 64.3 Å².